The van der Waals surface area contributed by atoms with Crippen LogP contribution in [0.3, 0.4) is 0 Å². The molecule has 2 aromatic heterocycles. The van der Waals surface area contributed by atoms with Crippen LogP contribution in [-0.2, 0) is 11.3 Å². The number of amides is 1. The SMILES string of the molecule is Cc1cc(C)n(CCCNC(=O)CSc2cc(C)c3ccccc3n2)n1. The topological polar surface area (TPSA) is 59.8 Å². The summed E-state index contributed by atoms with van der Waals surface area (Å²) in [6.45, 7) is 7.59. The molecule has 0 aliphatic heterocycles. The Balaban J connectivity index is 1.45. The Bertz CT molecular complexity index is 919. The highest BCUT2D eigenvalue weighted by Crippen LogP contribution is 2.23. The molecule has 0 atom stereocenters. The largest absolute Gasteiger partial charge is 0.355 e. The van der Waals surface area contributed by atoms with Crippen LogP contribution < -0.4 is 5.32 Å². The molecule has 3 rings (SSSR count). The summed E-state index contributed by atoms with van der Waals surface area (Å²) in [7, 11) is 0. The third-order valence-electron chi connectivity index (χ3n) is 4.22. The van der Waals surface area contributed by atoms with Crippen LogP contribution in [0.1, 0.15) is 23.4 Å². The van der Waals surface area contributed by atoms with Crippen LogP contribution in [0.2, 0.25) is 0 Å². The van der Waals surface area contributed by atoms with Crippen molar-refractivity contribution in [2.45, 2.75) is 38.8 Å². The molecule has 0 spiro atoms. The van der Waals surface area contributed by atoms with E-state index in [1.165, 1.54) is 17.3 Å². The van der Waals surface area contributed by atoms with Gasteiger partial charge < -0.3 is 5.32 Å². The molecule has 0 aliphatic carbocycles. The Labute approximate surface area is 158 Å². The Morgan fingerprint density at radius 2 is 2.00 bits per heavy atom. The lowest BCUT2D eigenvalue weighted by Gasteiger charge is -2.08. The number of thioether (sulfide) groups is 1. The second kappa shape index (κ2) is 8.36. The van der Waals surface area contributed by atoms with Crippen molar-refractivity contribution in [2.75, 3.05) is 12.3 Å². The van der Waals surface area contributed by atoms with Gasteiger partial charge in [-0.25, -0.2) is 4.98 Å². The van der Waals surface area contributed by atoms with Crippen LogP contribution in [0.25, 0.3) is 10.9 Å². The molecule has 1 aromatic carbocycles. The van der Waals surface area contributed by atoms with Crippen molar-refractivity contribution < 1.29 is 4.79 Å². The average molecular weight is 369 g/mol. The van der Waals surface area contributed by atoms with Crippen LogP contribution in [0.4, 0.5) is 0 Å². The van der Waals surface area contributed by atoms with E-state index in [0.717, 1.165) is 40.3 Å². The van der Waals surface area contributed by atoms with E-state index in [1.54, 1.807) is 0 Å². The van der Waals surface area contributed by atoms with E-state index < -0.39 is 0 Å². The van der Waals surface area contributed by atoms with Crippen LogP contribution in [-0.4, -0.2) is 33.0 Å². The highest BCUT2D eigenvalue weighted by Gasteiger charge is 2.07. The first-order valence-electron chi connectivity index (χ1n) is 8.80. The summed E-state index contributed by atoms with van der Waals surface area (Å²) in [6, 6.07) is 12.2. The molecule has 5 nitrogen and oxygen atoms in total. The number of aryl methyl sites for hydroxylation is 4. The predicted octanol–water partition coefficient (Wildman–Crippen LogP) is 3.66. The Hall–Kier alpha value is -2.34. The van der Waals surface area contributed by atoms with Crippen molar-refractivity contribution >= 4 is 28.6 Å². The summed E-state index contributed by atoms with van der Waals surface area (Å²) in [5.41, 5.74) is 4.34. The summed E-state index contributed by atoms with van der Waals surface area (Å²) in [5, 5.41) is 9.45. The zero-order chi connectivity index (χ0) is 18.5. The van der Waals surface area contributed by atoms with Crippen molar-refractivity contribution in [1.82, 2.24) is 20.1 Å². The normalized spacial score (nSPS) is 11.0. The Morgan fingerprint density at radius 3 is 2.77 bits per heavy atom. The first kappa shape index (κ1) is 18.5. The minimum Gasteiger partial charge on any atom is -0.355 e. The molecular weight excluding hydrogens is 344 g/mol. The highest BCUT2D eigenvalue weighted by atomic mass is 32.2. The number of carbonyl (C=O) groups excluding carboxylic acids is 1. The van der Waals surface area contributed by atoms with Gasteiger partial charge in [0.1, 0.15) is 0 Å². The molecule has 2 heterocycles. The van der Waals surface area contributed by atoms with Crippen LogP contribution in [0.15, 0.2) is 41.4 Å². The number of hydrogen-bond donors (Lipinski definition) is 1. The second-order valence-corrected chi connectivity index (χ2v) is 7.43. The molecule has 0 fully saturated rings. The zero-order valence-corrected chi connectivity index (χ0v) is 16.3. The van der Waals surface area contributed by atoms with Gasteiger partial charge >= 0.3 is 0 Å². The van der Waals surface area contributed by atoms with Gasteiger partial charge in [-0.1, -0.05) is 30.0 Å². The van der Waals surface area contributed by atoms with Gasteiger partial charge in [0, 0.05) is 24.2 Å². The van der Waals surface area contributed by atoms with Crippen molar-refractivity contribution in [3.63, 3.8) is 0 Å². The fourth-order valence-electron chi connectivity index (χ4n) is 2.94. The number of pyridine rings is 1. The summed E-state index contributed by atoms with van der Waals surface area (Å²) in [4.78, 5) is 16.7. The van der Waals surface area contributed by atoms with Gasteiger partial charge in [-0.15, -0.1) is 0 Å². The minimum absolute atomic E-state index is 0.0379. The number of benzene rings is 1. The fraction of sp³-hybridized carbons (Fsp3) is 0.350. The molecule has 26 heavy (non-hydrogen) atoms. The molecule has 6 heteroatoms. The highest BCUT2D eigenvalue weighted by molar-refractivity contribution is 7.99. The quantitative estimate of drug-likeness (QED) is 0.511. The number of fused-ring (bicyclic) bond motifs is 1. The average Bonchev–Trinajstić information content (AvgIpc) is 2.94. The van der Waals surface area contributed by atoms with Crippen molar-refractivity contribution in [1.29, 1.82) is 0 Å². The van der Waals surface area contributed by atoms with Crippen molar-refractivity contribution in [3.05, 3.63) is 53.3 Å². The first-order valence-corrected chi connectivity index (χ1v) is 9.78. The van der Waals surface area contributed by atoms with Gasteiger partial charge in [-0.2, -0.15) is 5.10 Å². The number of rotatable bonds is 7. The fourth-order valence-corrected chi connectivity index (χ4v) is 3.74. The van der Waals surface area contributed by atoms with E-state index >= 15 is 0 Å². The summed E-state index contributed by atoms with van der Waals surface area (Å²) < 4.78 is 1.98. The number of carbonyl (C=O) groups is 1. The number of aromatic nitrogens is 3. The number of para-hydroxylation sites is 1. The van der Waals surface area contributed by atoms with E-state index in [-0.39, 0.29) is 5.91 Å². The van der Waals surface area contributed by atoms with Gasteiger partial charge in [0.2, 0.25) is 5.91 Å². The molecule has 0 saturated carbocycles. The standard InChI is InChI=1S/C20H24N4OS/c1-14-11-20(22-18-8-5-4-7-17(14)18)26-13-19(25)21-9-6-10-24-16(3)12-15(2)23-24/h4-5,7-8,11-12H,6,9-10,13H2,1-3H3,(H,21,25). The molecule has 0 bridgehead atoms. The lowest BCUT2D eigenvalue weighted by molar-refractivity contribution is -0.118. The molecule has 0 unspecified atom stereocenters. The molecule has 0 radical (unpaired) electrons. The van der Waals surface area contributed by atoms with Gasteiger partial charge in [0.15, 0.2) is 0 Å². The molecule has 3 aromatic rings. The molecule has 1 N–H and O–H groups in total. The molecule has 0 saturated heterocycles. The van der Waals surface area contributed by atoms with Gasteiger partial charge in [-0.3, -0.25) is 9.48 Å². The summed E-state index contributed by atoms with van der Waals surface area (Å²) >= 11 is 1.48. The van der Waals surface area contributed by atoms with E-state index in [4.69, 9.17) is 0 Å². The van der Waals surface area contributed by atoms with E-state index in [0.29, 0.717) is 12.3 Å². The Morgan fingerprint density at radius 1 is 1.19 bits per heavy atom. The van der Waals surface area contributed by atoms with E-state index in [9.17, 15) is 4.79 Å². The lowest BCUT2D eigenvalue weighted by Crippen LogP contribution is -2.27. The monoisotopic (exact) mass is 368 g/mol. The maximum absolute atomic E-state index is 12.1. The van der Waals surface area contributed by atoms with Gasteiger partial charge in [0.25, 0.3) is 0 Å². The van der Waals surface area contributed by atoms with Crippen molar-refractivity contribution in [2.24, 2.45) is 0 Å². The van der Waals surface area contributed by atoms with Crippen LogP contribution in [0.5, 0.6) is 0 Å². The number of nitrogens with zero attached hydrogens (tertiary/aromatic N) is 3. The molecule has 136 valence electrons. The molecular formula is C20H24N4OS. The first-order chi connectivity index (χ1) is 12.5. The third-order valence-corrected chi connectivity index (χ3v) is 5.13. The van der Waals surface area contributed by atoms with Gasteiger partial charge in [0.05, 0.1) is 22.0 Å². The second-order valence-electron chi connectivity index (χ2n) is 6.44. The lowest BCUT2D eigenvalue weighted by atomic mass is 10.1. The summed E-state index contributed by atoms with van der Waals surface area (Å²) in [6.07, 6.45) is 0.867. The maximum Gasteiger partial charge on any atom is 0.230 e. The maximum atomic E-state index is 12.1. The molecule has 0 aliphatic rings. The van der Waals surface area contributed by atoms with Gasteiger partial charge in [-0.05, 0) is 51.0 Å². The summed E-state index contributed by atoms with van der Waals surface area (Å²) in [5.74, 6) is 0.418. The zero-order valence-electron chi connectivity index (χ0n) is 15.5. The minimum atomic E-state index is 0.0379. The van der Waals surface area contributed by atoms with Crippen molar-refractivity contribution in [3.8, 4) is 0 Å². The number of nitrogens with one attached hydrogen (secondary N) is 1. The van der Waals surface area contributed by atoms with Crippen LogP contribution in [0, 0.1) is 20.8 Å². The predicted molar refractivity (Wildman–Crippen MR) is 107 cm³/mol. The Kier molecular flexibility index (Phi) is 5.93. The van der Waals surface area contributed by atoms with E-state index in [1.807, 2.05) is 42.8 Å². The third kappa shape index (κ3) is 4.64. The smallest absolute Gasteiger partial charge is 0.230 e. The molecule has 1 amide bonds. The van der Waals surface area contributed by atoms with E-state index in [2.05, 4.69) is 34.5 Å². The number of hydrogen-bond acceptors (Lipinski definition) is 4. The van der Waals surface area contributed by atoms with Crippen LogP contribution >= 0.6 is 11.8 Å².